The first kappa shape index (κ1) is 46.7. The summed E-state index contributed by atoms with van der Waals surface area (Å²) in [6.45, 7) is 0.387. The number of carboxylic acid groups (broad SMARTS) is 1. The average Bonchev–Trinajstić information content (AvgIpc) is 4.05. The average molecular weight is 861 g/mol. The highest BCUT2D eigenvalue weighted by molar-refractivity contribution is 5.98. The number of aliphatic hydroxyl groups is 2. The Morgan fingerprint density at radius 3 is 1.69 bits per heavy atom. The van der Waals surface area contributed by atoms with Gasteiger partial charge in [-0.3, -0.25) is 28.8 Å². The van der Waals surface area contributed by atoms with Gasteiger partial charge in [0.25, 0.3) is 0 Å². The zero-order valence-electron chi connectivity index (χ0n) is 34.4. The van der Waals surface area contributed by atoms with Crippen LogP contribution in [0.1, 0.15) is 50.2 Å². The lowest BCUT2D eigenvalue weighted by molar-refractivity contribution is -0.143. The molecule has 7 atom stereocenters. The Morgan fingerprint density at radius 1 is 0.661 bits per heavy atom. The van der Waals surface area contributed by atoms with E-state index in [0.29, 0.717) is 37.9 Å². The van der Waals surface area contributed by atoms with E-state index in [2.05, 4.69) is 41.9 Å². The molecular formula is C42H56N10O10. The smallest absolute Gasteiger partial charge is 0.328 e. The molecule has 1 saturated heterocycles. The van der Waals surface area contributed by atoms with Gasteiger partial charge in [-0.15, -0.1) is 0 Å². The number of fused-ring (bicyclic) bond motifs is 2. The predicted octanol–water partition coefficient (Wildman–Crippen LogP) is -1.69. The third kappa shape index (κ3) is 12.4. The number of H-pyrrole nitrogens is 2. The summed E-state index contributed by atoms with van der Waals surface area (Å²) < 4.78 is 0. The second-order valence-electron chi connectivity index (χ2n) is 15.3. The van der Waals surface area contributed by atoms with E-state index in [1.54, 1.807) is 12.4 Å². The van der Waals surface area contributed by atoms with Gasteiger partial charge in [0.15, 0.2) is 0 Å². The van der Waals surface area contributed by atoms with Crippen molar-refractivity contribution in [3.63, 3.8) is 0 Å². The van der Waals surface area contributed by atoms with Gasteiger partial charge in [0.05, 0.1) is 19.3 Å². The van der Waals surface area contributed by atoms with Crippen molar-refractivity contribution < 1.29 is 48.9 Å². The van der Waals surface area contributed by atoms with Gasteiger partial charge in [0.2, 0.25) is 35.4 Å². The van der Waals surface area contributed by atoms with Crippen molar-refractivity contribution in [1.82, 2.24) is 47.2 Å². The zero-order chi connectivity index (χ0) is 44.8. The highest BCUT2D eigenvalue weighted by Crippen LogP contribution is 2.21. The molecule has 4 aromatic rings. The van der Waals surface area contributed by atoms with Crippen molar-refractivity contribution in [2.24, 2.45) is 5.73 Å². The molecule has 334 valence electrons. The van der Waals surface area contributed by atoms with Crippen LogP contribution in [0, 0.1) is 0 Å². The van der Waals surface area contributed by atoms with Gasteiger partial charge in [0, 0.05) is 47.0 Å². The molecule has 5 rings (SSSR count). The van der Waals surface area contributed by atoms with Gasteiger partial charge in [-0.05, 0) is 75.4 Å². The van der Waals surface area contributed by atoms with Crippen LogP contribution >= 0.6 is 0 Å². The maximum atomic E-state index is 14.4. The first-order chi connectivity index (χ1) is 29.8. The van der Waals surface area contributed by atoms with Gasteiger partial charge in [-0.1, -0.05) is 36.4 Å². The Hall–Kier alpha value is -6.35. The number of carbonyl (C=O) groups is 7. The molecule has 1 fully saturated rings. The standard InChI is InChI=1S/C42H56N10O10/c1-23(36(55)51-34(21-53)41(60)52-35(22-54)42(61)62)47-38(57)31(13-6-7-15-43)48-39(58)32(17-24-19-45-28-11-4-2-9-26(24)28)50-40(59)33(49-37(56)30-14-8-16-44-30)18-25-20-46-29-12-5-3-10-27(25)29/h2-5,9-12,19-20,23,30-35,44-46,53-54H,6-8,13-18,21-22,43H2,1H3,(H,47,57)(H,48,58)(H,49,56)(H,50,59)(H,51,55)(H,52,60)(H,61,62)/t23-,30-,31-,32-,33-,34-,35-/m0/s1. The highest BCUT2D eigenvalue weighted by Gasteiger charge is 2.34. The fourth-order valence-corrected chi connectivity index (χ4v) is 7.27. The number of aromatic amines is 2. The van der Waals surface area contributed by atoms with Gasteiger partial charge in [0.1, 0.15) is 36.3 Å². The third-order valence-electron chi connectivity index (χ3n) is 10.8. The minimum Gasteiger partial charge on any atom is -0.480 e. The molecule has 20 heteroatoms. The van der Waals surface area contributed by atoms with Crippen molar-refractivity contribution in [2.75, 3.05) is 26.3 Å². The van der Waals surface area contributed by atoms with E-state index >= 15 is 0 Å². The Labute approximate surface area is 356 Å². The summed E-state index contributed by atoms with van der Waals surface area (Å²) in [4.78, 5) is 99.4. The Kier molecular flexibility index (Phi) is 16.9. The molecule has 0 spiro atoms. The Balaban J connectivity index is 1.36. The van der Waals surface area contributed by atoms with Crippen LogP contribution in [0.3, 0.4) is 0 Å². The number of carbonyl (C=O) groups excluding carboxylic acids is 6. The number of benzene rings is 2. The molecule has 2 aromatic heterocycles. The van der Waals surface area contributed by atoms with Crippen LogP contribution in [0.4, 0.5) is 0 Å². The molecule has 14 N–H and O–H groups in total. The Morgan fingerprint density at radius 2 is 1.16 bits per heavy atom. The summed E-state index contributed by atoms with van der Waals surface area (Å²) >= 11 is 0. The molecule has 0 aliphatic carbocycles. The number of aromatic nitrogens is 2. The van der Waals surface area contributed by atoms with E-state index in [4.69, 9.17) is 10.8 Å². The molecule has 1 aliphatic heterocycles. The lowest BCUT2D eigenvalue weighted by Gasteiger charge is -2.27. The molecule has 0 radical (unpaired) electrons. The van der Waals surface area contributed by atoms with Crippen LogP contribution in [0.25, 0.3) is 21.8 Å². The number of para-hydroxylation sites is 2. The lowest BCUT2D eigenvalue weighted by atomic mass is 10.0. The van der Waals surface area contributed by atoms with E-state index in [0.717, 1.165) is 33.8 Å². The van der Waals surface area contributed by atoms with Crippen molar-refractivity contribution >= 4 is 63.2 Å². The van der Waals surface area contributed by atoms with Crippen LogP contribution in [-0.2, 0) is 46.4 Å². The number of aliphatic hydroxyl groups excluding tert-OH is 2. The van der Waals surface area contributed by atoms with Crippen molar-refractivity contribution in [3.8, 4) is 0 Å². The number of hydrogen-bond donors (Lipinski definition) is 13. The summed E-state index contributed by atoms with van der Waals surface area (Å²) in [5.74, 6) is -6.03. The molecule has 3 heterocycles. The van der Waals surface area contributed by atoms with E-state index in [-0.39, 0.29) is 25.2 Å². The summed E-state index contributed by atoms with van der Waals surface area (Å²) in [5.41, 5.74) is 8.84. The topological polar surface area (TPSA) is 322 Å². The molecule has 0 bridgehead atoms. The lowest BCUT2D eigenvalue weighted by Crippen LogP contribution is -2.60. The second-order valence-corrected chi connectivity index (χ2v) is 15.3. The maximum absolute atomic E-state index is 14.4. The number of hydrogen-bond acceptors (Lipinski definition) is 11. The monoisotopic (exact) mass is 860 g/mol. The first-order valence-electron chi connectivity index (χ1n) is 20.6. The molecule has 1 aliphatic rings. The quantitative estimate of drug-likeness (QED) is 0.0372. The van der Waals surface area contributed by atoms with E-state index in [1.165, 1.54) is 6.92 Å². The second kappa shape index (κ2) is 22.5. The summed E-state index contributed by atoms with van der Waals surface area (Å²) in [7, 11) is 0. The van der Waals surface area contributed by atoms with Crippen molar-refractivity contribution in [3.05, 3.63) is 72.1 Å². The first-order valence-corrected chi connectivity index (χ1v) is 20.6. The van der Waals surface area contributed by atoms with Gasteiger partial charge >= 0.3 is 5.97 Å². The van der Waals surface area contributed by atoms with Gasteiger partial charge < -0.3 is 68.2 Å². The largest absolute Gasteiger partial charge is 0.480 e. The number of nitrogens with two attached hydrogens (primary N) is 1. The summed E-state index contributed by atoms with van der Waals surface area (Å²) in [6, 6.07) is 6.23. The maximum Gasteiger partial charge on any atom is 0.328 e. The third-order valence-corrected chi connectivity index (χ3v) is 10.8. The molecule has 0 saturated carbocycles. The minimum atomic E-state index is -1.69. The number of nitrogens with one attached hydrogen (secondary N) is 9. The molecule has 2 aromatic carbocycles. The normalized spacial score (nSPS) is 16.6. The van der Waals surface area contributed by atoms with E-state index in [1.807, 2.05) is 53.8 Å². The zero-order valence-corrected chi connectivity index (χ0v) is 34.4. The van der Waals surface area contributed by atoms with Crippen LogP contribution in [0.5, 0.6) is 0 Å². The Bertz CT molecular complexity index is 2200. The fraction of sp³-hybridized carbons (Fsp3) is 0.452. The molecule has 6 amide bonds. The molecule has 0 unspecified atom stereocenters. The predicted molar refractivity (Wildman–Crippen MR) is 227 cm³/mol. The van der Waals surface area contributed by atoms with Crippen LogP contribution in [-0.4, -0.2) is 135 Å². The van der Waals surface area contributed by atoms with Gasteiger partial charge in [-0.2, -0.15) is 0 Å². The minimum absolute atomic E-state index is 0.0148. The van der Waals surface area contributed by atoms with E-state index < -0.39 is 91.0 Å². The van der Waals surface area contributed by atoms with Crippen LogP contribution < -0.4 is 43.0 Å². The van der Waals surface area contributed by atoms with Crippen LogP contribution in [0.15, 0.2) is 60.9 Å². The summed E-state index contributed by atoms with van der Waals surface area (Å²) in [5, 5.41) is 48.2. The van der Waals surface area contributed by atoms with Crippen molar-refractivity contribution in [2.45, 2.75) is 94.2 Å². The SMILES string of the molecule is C[C@H](NC(=O)[C@H](CCCCN)NC(=O)[C@H](Cc1c[nH]c2ccccc12)NC(=O)[C@H](Cc1c[nH]c2ccccc12)NC(=O)[C@@H]1CCCN1)C(=O)N[C@@H](CO)C(=O)N[C@@H](CO)C(=O)O. The number of amides is 6. The van der Waals surface area contributed by atoms with Crippen LogP contribution in [0.2, 0.25) is 0 Å². The fourth-order valence-electron chi connectivity index (χ4n) is 7.27. The number of aliphatic carboxylic acids is 1. The summed E-state index contributed by atoms with van der Waals surface area (Å²) in [6.07, 6.45) is 5.96. The molecule has 20 nitrogen and oxygen atoms in total. The van der Waals surface area contributed by atoms with E-state index in [9.17, 15) is 43.8 Å². The highest BCUT2D eigenvalue weighted by atomic mass is 16.4. The number of carboxylic acids is 1. The number of rotatable bonds is 23. The molecule has 62 heavy (non-hydrogen) atoms. The molecular weight excluding hydrogens is 805 g/mol. The number of unbranched alkanes of at least 4 members (excludes halogenated alkanes) is 1. The van der Waals surface area contributed by atoms with Crippen molar-refractivity contribution in [1.29, 1.82) is 0 Å². The van der Waals surface area contributed by atoms with Gasteiger partial charge in [-0.25, -0.2) is 4.79 Å².